The highest BCUT2D eigenvalue weighted by Crippen LogP contribution is 2.21. The number of hydrogen-bond acceptors (Lipinski definition) is 5. The Labute approximate surface area is 165 Å². The lowest BCUT2D eigenvalue weighted by Gasteiger charge is -2.34. The second kappa shape index (κ2) is 9.36. The van der Waals surface area contributed by atoms with Crippen molar-refractivity contribution in [3.05, 3.63) is 53.3 Å². The van der Waals surface area contributed by atoms with Gasteiger partial charge >= 0.3 is 5.97 Å². The Morgan fingerprint density at radius 3 is 2.82 bits per heavy atom. The Kier molecular flexibility index (Phi) is 6.65. The van der Waals surface area contributed by atoms with Crippen LogP contribution in [0.3, 0.4) is 0 Å². The quantitative estimate of drug-likeness (QED) is 0.480. The molecule has 1 aliphatic rings. The molecule has 0 amide bonds. The predicted octanol–water partition coefficient (Wildman–Crippen LogP) is 1.75. The first-order chi connectivity index (χ1) is 13.6. The van der Waals surface area contributed by atoms with Crippen molar-refractivity contribution in [2.45, 2.75) is 19.6 Å². The number of esters is 1. The van der Waals surface area contributed by atoms with Crippen molar-refractivity contribution in [1.82, 2.24) is 20.0 Å². The molecular weight excluding hydrogens is 358 g/mol. The van der Waals surface area contributed by atoms with Crippen LogP contribution in [-0.2, 0) is 23.1 Å². The molecule has 1 N–H and O–H groups in total. The summed E-state index contributed by atoms with van der Waals surface area (Å²) in [4.78, 5) is 18.5. The molecule has 0 saturated carbocycles. The van der Waals surface area contributed by atoms with Gasteiger partial charge in [-0.05, 0) is 24.6 Å². The van der Waals surface area contributed by atoms with E-state index in [1.165, 1.54) is 7.11 Å². The number of benzene rings is 1. The second-order valence-electron chi connectivity index (χ2n) is 6.61. The number of methoxy groups -OCH3 is 1. The number of carbonyl (C=O) groups excluding carboxylic acids is 1. The van der Waals surface area contributed by atoms with Crippen molar-refractivity contribution in [2.75, 3.05) is 33.4 Å². The zero-order valence-electron chi connectivity index (χ0n) is 16.6. The van der Waals surface area contributed by atoms with Crippen LogP contribution in [0.5, 0.6) is 0 Å². The van der Waals surface area contributed by atoms with Crippen molar-refractivity contribution in [2.24, 2.45) is 12.0 Å². The number of morpholine rings is 1. The van der Waals surface area contributed by atoms with Crippen LogP contribution in [0.15, 0.2) is 41.7 Å². The molecule has 1 saturated heterocycles. The third-order valence-corrected chi connectivity index (χ3v) is 4.58. The van der Waals surface area contributed by atoms with Crippen LogP contribution in [0.1, 0.15) is 34.5 Å². The summed E-state index contributed by atoms with van der Waals surface area (Å²) in [6.07, 6.45) is 3.81. The van der Waals surface area contributed by atoms with Crippen LogP contribution in [0.2, 0.25) is 0 Å². The molecule has 1 aromatic heterocycles. The number of carbonyl (C=O) groups is 1. The van der Waals surface area contributed by atoms with Gasteiger partial charge in [0.1, 0.15) is 6.10 Å². The Balaban J connectivity index is 1.68. The lowest BCUT2D eigenvalue weighted by Crippen LogP contribution is -2.48. The Hall–Kier alpha value is -2.87. The second-order valence-corrected chi connectivity index (χ2v) is 6.61. The van der Waals surface area contributed by atoms with Gasteiger partial charge in [0.2, 0.25) is 0 Å². The van der Waals surface area contributed by atoms with Crippen molar-refractivity contribution in [3.63, 3.8) is 0 Å². The van der Waals surface area contributed by atoms with Crippen LogP contribution < -0.4 is 5.32 Å². The lowest BCUT2D eigenvalue weighted by molar-refractivity contribution is -0.00805. The largest absolute Gasteiger partial charge is 0.465 e. The standard InChI is InChI=1S/C20H27N5O3/c1-4-21-20(22-11-15-5-7-16(8-6-15)19(26)27-3)25-9-10-28-18(14-25)17-12-23-24(2)13-17/h5-8,12-13,18H,4,9-11,14H2,1-3H3,(H,21,22). The van der Waals surface area contributed by atoms with Gasteiger partial charge in [0.25, 0.3) is 0 Å². The molecule has 1 fully saturated rings. The minimum Gasteiger partial charge on any atom is -0.465 e. The van der Waals surface area contributed by atoms with Gasteiger partial charge in [-0.3, -0.25) is 4.68 Å². The molecule has 1 unspecified atom stereocenters. The van der Waals surface area contributed by atoms with Gasteiger partial charge in [0.05, 0.1) is 38.6 Å². The van der Waals surface area contributed by atoms with E-state index in [4.69, 9.17) is 14.5 Å². The number of rotatable bonds is 5. The van der Waals surface area contributed by atoms with Gasteiger partial charge < -0.3 is 19.7 Å². The highest BCUT2D eigenvalue weighted by molar-refractivity contribution is 5.89. The summed E-state index contributed by atoms with van der Waals surface area (Å²) in [7, 11) is 3.28. The average Bonchev–Trinajstić information content (AvgIpc) is 3.17. The smallest absolute Gasteiger partial charge is 0.337 e. The summed E-state index contributed by atoms with van der Waals surface area (Å²) >= 11 is 0. The van der Waals surface area contributed by atoms with Crippen LogP contribution in [0, 0.1) is 0 Å². The maximum atomic E-state index is 11.5. The van der Waals surface area contributed by atoms with Crippen LogP contribution in [-0.4, -0.2) is 60.0 Å². The fraction of sp³-hybridized carbons (Fsp3) is 0.450. The summed E-state index contributed by atoms with van der Waals surface area (Å²) in [5, 5.41) is 7.60. The minimum absolute atomic E-state index is 0.0226. The number of aliphatic imine (C=N–C) groups is 1. The van der Waals surface area contributed by atoms with E-state index in [1.807, 2.05) is 31.6 Å². The SMILES string of the molecule is CCNC(=NCc1ccc(C(=O)OC)cc1)N1CCOC(c2cnn(C)c2)C1. The number of ether oxygens (including phenoxy) is 2. The third-order valence-electron chi connectivity index (χ3n) is 4.58. The van der Waals surface area contributed by atoms with Gasteiger partial charge in [-0.2, -0.15) is 5.10 Å². The molecule has 8 heteroatoms. The summed E-state index contributed by atoms with van der Waals surface area (Å²) in [6, 6.07) is 7.32. The maximum Gasteiger partial charge on any atom is 0.337 e. The van der Waals surface area contributed by atoms with Gasteiger partial charge in [0.15, 0.2) is 5.96 Å². The Morgan fingerprint density at radius 2 is 2.18 bits per heavy atom. The van der Waals surface area contributed by atoms with E-state index in [-0.39, 0.29) is 12.1 Å². The summed E-state index contributed by atoms with van der Waals surface area (Å²) < 4.78 is 12.4. The fourth-order valence-corrected chi connectivity index (χ4v) is 3.11. The van der Waals surface area contributed by atoms with Gasteiger partial charge in [-0.25, -0.2) is 9.79 Å². The first-order valence-corrected chi connectivity index (χ1v) is 9.41. The van der Waals surface area contributed by atoms with E-state index in [2.05, 4.69) is 22.2 Å². The maximum absolute atomic E-state index is 11.5. The molecule has 1 aromatic carbocycles. The molecule has 0 radical (unpaired) electrons. The summed E-state index contributed by atoms with van der Waals surface area (Å²) in [6.45, 7) is 5.51. The number of nitrogens with one attached hydrogen (secondary N) is 1. The number of nitrogens with zero attached hydrogens (tertiary/aromatic N) is 4. The van der Waals surface area contributed by atoms with E-state index in [0.29, 0.717) is 18.7 Å². The zero-order chi connectivity index (χ0) is 19.9. The minimum atomic E-state index is -0.335. The summed E-state index contributed by atoms with van der Waals surface area (Å²) in [5.74, 6) is 0.523. The van der Waals surface area contributed by atoms with E-state index in [9.17, 15) is 4.79 Å². The summed E-state index contributed by atoms with van der Waals surface area (Å²) in [5.41, 5.74) is 2.64. The molecule has 1 aliphatic heterocycles. The highest BCUT2D eigenvalue weighted by Gasteiger charge is 2.25. The number of guanidine groups is 1. The van der Waals surface area contributed by atoms with Crippen molar-refractivity contribution < 1.29 is 14.3 Å². The van der Waals surface area contributed by atoms with Crippen molar-refractivity contribution in [3.8, 4) is 0 Å². The molecule has 8 nitrogen and oxygen atoms in total. The lowest BCUT2D eigenvalue weighted by atomic mass is 10.1. The number of aromatic nitrogens is 2. The normalized spacial score (nSPS) is 17.5. The zero-order valence-corrected chi connectivity index (χ0v) is 16.6. The Bertz CT molecular complexity index is 816. The molecule has 0 bridgehead atoms. The topological polar surface area (TPSA) is 81.0 Å². The van der Waals surface area contributed by atoms with Crippen molar-refractivity contribution in [1.29, 1.82) is 0 Å². The van der Waals surface area contributed by atoms with Crippen molar-refractivity contribution >= 4 is 11.9 Å². The number of hydrogen-bond donors (Lipinski definition) is 1. The van der Waals surface area contributed by atoms with Gasteiger partial charge in [0, 0.05) is 31.9 Å². The monoisotopic (exact) mass is 385 g/mol. The van der Waals surface area contributed by atoms with Crippen LogP contribution >= 0.6 is 0 Å². The molecular formula is C20H27N5O3. The third kappa shape index (κ3) is 4.89. The molecule has 3 rings (SSSR count). The highest BCUT2D eigenvalue weighted by atomic mass is 16.5. The molecule has 2 heterocycles. The molecule has 2 aromatic rings. The van der Waals surface area contributed by atoms with E-state index < -0.39 is 0 Å². The molecule has 0 aliphatic carbocycles. The molecule has 0 spiro atoms. The molecule has 150 valence electrons. The predicted molar refractivity (Wildman–Crippen MR) is 106 cm³/mol. The van der Waals surface area contributed by atoms with E-state index >= 15 is 0 Å². The molecule has 28 heavy (non-hydrogen) atoms. The van der Waals surface area contributed by atoms with Gasteiger partial charge in [-0.1, -0.05) is 12.1 Å². The Morgan fingerprint density at radius 1 is 1.39 bits per heavy atom. The van der Waals surface area contributed by atoms with Crippen LogP contribution in [0.4, 0.5) is 0 Å². The first-order valence-electron chi connectivity index (χ1n) is 9.41. The van der Waals surface area contributed by atoms with E-state index in [1.54, 1.807) is 16.8 Å². The molecule has 1 atom stereocenters. The van der Waals surface area contributed by atoms with Crippen LogP contribution in [0.25, 0.3) is 0 Å². The fourth-order valence-electron chi connectivity index (χ4n) is 3.11. The number of aryl methyl sites for hydroxylation is 1. The first kappa shape index (κ1) is 19.9. The average molecular weight is 385 g/mol. The van der Waals surface area contributed by atoms with Gasteiger partial charge in [-0.15, -0.1) is 0 Å². The van der Waals surface area contributed by atoms with E-state index in [0.717, 1.165) is 36.7 Å².